The van der Waals surface area contributed by atoms with Crippen molar-refractivity contribution in [2.45, 2.75) is 39.0 Å². The van der Waals surface area contributed by atoms with Gasteiger partial charge in [0.1, 0.15) is 6.61 Å². The van der Waals surface area contributed by atoms with Gasteiger partial charge >= 0.3 is 5.97 Å². The van der Waals surface area contributed by atoms with Gasteiger partial charge in [-0.2, -0.15) is 0 Å². The molecule has 0 heterocycles. The molecule has 2 N–H and O–H groups in total. The number of esters is 1. The Morgan fingerprint density at radius 1 is 1.18 bits per heavy atom. The van der Waals surface area contributed by atoms with Crippen molar-refractivity contribution >= 4 is 23.3 Å². The summed E-state index contributed by atoms with van der Waals surface area (Å²) in [5.74, 6) is -0.344. The highest BCUT2D eigenvalue weighted by molar-refractivity contribution is 6.33. The van der Waals surface area contributed by atoms with Gasteiger partial charge in [-0.25, -0.2) is 4.79 Å². The van der Waals surface area contributed by atoms with Crippen LogP contribution in [0.1, 0.15) is 49.4 Å². The van der Waals surface area contributed by atoms with Crippen LogP contribution in [-0.2, 0) is 4.74 Å². The van der Waals surface area contributed by atoms with E-state index in [9.17, 15) is 4.79 Å². The number of likely N-dealkylation sites (N-methyl/N-ethyl adjacent to an activating group) is 1. The summed E-state index contributed by atoms with van der Waals surface area (Å²) < 4.78 is 5.12. The fraction of sp³-hybridized carbons (Fsp3) is 0.588. The van der Waals surface area contributed by atoms with Crippen molar-refractivity contribution in [2.24, 2.45) is 0 Å². The van der Waals surface area contributed by atoms with E-state index >= 15 is 0 Å². The topological polar surface area (TPSA) is 50.4 Å². The predicted octanol–water partition coefficient (Wildman–Crippen LogP) is 4.10. The van der Waals surface area contributed by atoms with Crippen molar-refractivity contribution in [2.75, 3.05) is 32.1 Å². The molecule has 0 radical (unpaired) electrons. The zero-order valence-electron chi connectivity index (χ0n) is 13.6. The molecule has 0 aliphatic heterocycles. The first-order chi connectivity index (χ1) is 10.7. The molecular formula is C17H27ClN2O2. The summed E-state index contributed by atoms with van der Waals surface area (Å²) in [6.07, 6.45) is 6.19. The summed E-state index contributed by atoms with van der Waals surface area (Å²) in [7, 11) is 1.81. The van der Waals surface area contributed by atoms with Crippen LogP contribution in [0.4, 0.5) is 5.69 Å². The zero-order chi connectivity index (χ0) is 16.2. The Bertz CT molecular complexity index is 452. The van der Waals surface area contributed by atoms with Crippen molar-refractivity contribution in [3.05, 3.63) is 28.8 Å². The molecule has 0 fully saturated rings. The first-order valence-electron chi connectivity index (χ1n) is 8.04. The number of hydrogen-bond donors (Lipinski definition) is 2. The largest absolute Gasteiger partial charge is 0.461 e. The second-order valence-electron chi connectivity index (χ2n) is 5.28. The number of rotatable bonds is 11. The van der Waals surface area contributed by atoms with E-state index in [1.165, 1.54) is 25.7 Å². The first-order valence-corrected chi connectivity index (χ1v) is 8.42. The minimum absolute atomic E-state index is 0.344. The summed E-state index contributed by atoms with van der Waals surface area (Å²) in [6, 6.07) is 5.23. The normalized spacial score (nSPS) is 10.5. The molecule has 4 nitrogen and oxygen atoms in total. The van der Waals surface area contributed by atoms with Gasteiger partial charge in [0.05, 0.1) is 16.3 Å². The minimum Gasteiger partial charge on any atom is -0.461 e. The number of ether oxygens (including phenoxy) is 1. The molecule has 0 aromatic heterocycles. The number of carbonyl (C=O) groups excluding carboxylic acids is 1. The maximum Gasteiger partial charge on any atom is 0.338 e. The Morgan fingerprint density at radius 2 is 1.95 bits per heavy atom. The smallest absolute Gasteiger partial charge is 0.338 e. The molecular weight excluding hydrogens is 300 g/mol. The number of hydrogen-bond acceptors (Lipinski definition) is 4. The average molecular weight is 327 g/mol. The van der Waals surface area contributed by atoms with Crippen molar-refractivity contribution in [3.63, 3.8) is 0 Å². The molecule has 5 heteroatoms. The van der Waals surface area contributed by atoms with Crippen LogP contribution in [0.5, 0.6) is 0 Å². The predicted molar refractivity (Wildman–Crippen MR) is 92.9 cm³/mol. The van der Waals surface area contributed by atoms with Gasteiger partial charge in [0.25, 0.3) is 0 Å². The molecule has 1 aromatic carbocycles. The maximum atomic E-state index is 11.8. The number of nitrogens with one attached hydrogen (secondary N) is 2. The van der Waals surface area contributed by atoms with E-state index in [2.05, 4.69) is 17.6 Å². The van der Waals surface area contributed by atoms with Crippen LogP contribution in [0, 0.1) is 0 Å². The lowest BCUT2D eigenvalue weighted by Crippen LogP contribution is -2.17. The standard InChI is InChI=1S/C17H27ClN2O2/c1-3-4-5-6-7-10-20-16-9-8-14(13-15(16)18)17(21)22-12-11-19-2/h8-9,13,19-20H,3-7,10-12H2,1-2H3. The van der Waals surface area contributed by atoms with Crippen molar-refractivity contribution in [3.8, 4) is 0 Å². The summed E-state index contributed by atoms with van der Waals surface area (Å²) in [5, 5.41) is 6.79. The van der Waals surface area contributed by atoms with Gasteiger partial charge in [0.2, 0.25) is 0 Å². The zero-order valence-corrected chi connectivity index (χ0v) is 14.3. The van der Waals surface area contributed by atoms with Crippen molar-refractivity contribution < 1.29 is 9.53 Å². The molecule has 0 amide bonds. The first kappa shape index (κ1) is 18.8. The number of halogens is 1. The Balaban J connectivity index is 2.39. The third kappa shape index (κ3) is 7.14. The molecule has 0 bridgehead atoms. The van der Waals surface area contributed by atoms with E-state index in [1.807, 2.05) is 13.1 Å². The third-order valence-corrected chi connectivity index (χ3v) is 3.70. The van der Waals surface area contributed by atoms with E-state index in [4.69, 9.17) is 16.3 Å². The van der Waals surface area contributed by atoms with E-state index in [1.54, 1.807) is 12.1 Å². The molecule has 1 rings (SSSR count). The third-order valence-electron chi connectivity index (χ3n) is 3.39. The number of unbranched alkanes of at least 4 members (excludes halogenated alkanes) is 4. The van der Waals surface area contributed by atoms with Gasteiger partial charge in [-0.1, -0.05) is 44.2 Å². The van der Waals surface area contributed by atoms with E-state index in [0.717, 1.165) is 18.7 Å². The molecule has 0 saturated heterocycles. The van der Waals surface area contributed by atoms with Crippen molar-refractivity contribution in [1.82, 2.24) is 5.32 Å². The highest BCUT2D eigenvalue weighted by Crippen LogP contribution is 2.23. The Hall–Kier alpha value is -1.26. The van der Waals surface area contributed by atoms with Crippen LogP contribution in [0.15, 0.2) is 18.2 Å². The number of anilines is 1. The van der Waals surface area contributed by atoms with Crippen LogP contribution in [-0.4, -0.2) is 32.7 Å². The monoisotopic (exact) mass is 326 g/mol. The van der Waals surface area contributed by atoms with Gasteiger partial charge in [0, 0.05) is 13.1 Å². The van der Waals surface area contributed by atoms with Crippen LogP contribution in [0.2, 0.25) is 5.02 Å². The molecule has 1 aromatic rings. The van der Waals surface area contributed by atoms with Crippen LogP contribution >= 0.6 is 11.6 Å². The molecule has 0 aliphatic rings. The van der Waals surface area contributed by atoms with Gasteiger partial charge in [-0.3, -0.25) is 0 Å². The molecule has 0 spiro atoms. The second kappa shape index (κ2) is 11.3. The molecule has 0 unspecified atom stereocenters. The molecule has 124 valence electrons. The fourth-order valence-electron chi connectivity index (χ4n) is 2.07. The number of benzene rings is 1. The lowest BCUT2D eigenvalue weighted by atomic mass is 10.1. The van der Waals surface area contributed by atoms with E-state index in [0.29, 0.717) is 23.7 Å². The highest BCUT2D eigenvalue weighted by atomic mass is 35.5. The van der Waals surface area contributed by atoms with Gasteiger partial charge in [-0.05, 0) is 31.7 Å². The summed E-state index contributed by atoms with van der Waals surface area (Å²) in [6.45, 7) is 4.10. The summed E-state index contributed by atoms with van der Waals surface area (Å²) in [5.41, 5.74) is 1.35. The number of carbonyl (C=O) groups is 1. The van der Waals surface area contributed by atoms with Gasteiger partial charge < -0.3 is 15.4 Å². The highest BCUT2D eigenvalue weighted by Gasteiger charge is 2.09. The SMILES string of the molecule is CCCCCCCNc1ccc(C(=O)OCCNC)cc1Cl. The van der Waals surface area contributed by atoms with Crippen LogP contribution in [0.25, 0.3) is 0 Å². The summed E-state index contributed by atoms with van der Waals surface area (Å²) in [4.78, 5) is 11.8. The minimum atomic E-state index is -0.344. The van der Waals surface area contributed by atoms with Crippen LogP contribution < -0.4 is 10.6 Å². The van der Waals surface area contributed by atoms with Gasteiger partial charge in [0.15, 0.2) is 0 Å². The van der Waals surface area contributed by atoms with E-state index < -0.39 is 0 Å². The van der Waals surface area contributed by atoms with Crippen LogP contribution in [0.3, 0.4) is 0 Å². The molecule has 0 atom stereocenters. The maximum absolute atomic E-state index is 11.8. The quantitative estimate of drug-likeness (QED) is 0.475. The lowest BCUT2D eigenvalue weighted by molar-refractivity contribution is 0.0510. The Labute approximate surface area is 138 Å². The lowest BCUT2D eigenvalue weighted by Gasteiger charge is -2.10. The Kier molecular flexibility index (Phi) is 9.67. The Morgan fingerprint density at radius 3 is 2.64 bits per heavy atom. The fourth-order valence-corrected chi connectivity index (χ4v) is 2.31. The van der Waals surface area contributed by atoms with E-state index in [-0.39, 0.29) is 5.97 Å². The molecule has 0 aliphatic carbocycles. The average Bonchev–Trinajstić information content (AvgIpc) is 2.52. The second-order valence-corrected chi connectivity index (χ2v) is 5.68. The van der Waals surface area contributed by atoms with Gasteiger partial charge in [-0.15, -0.1) is 0 Å². The van der Waals surface area contributed by atoms with Crippen molar-refractivity contribution in [1.29, 1.82) is 0 Å². The molecule has 22 heavy (non-hydrogen) atoms. The molecule has 0 saturated carbocycles. The summed E-state index contributed by atoms with van der Waals surface area (Å²) >= 11 is 6.21.